The second-order valence-corrected chi connectivity index (χ2v) is 25.5. The highest BCUT2D eigenvalue weighted by Gasteiger charge is 2.54. The molecule has 2 atom stereocenters. The minimum Gasteiger partial charge on any atom is -0.491 e. The zero-order chi connectivity index (χ0) is 61.1. The van der Waals surface area contributed by atoms with Crippen LogP contribution in [0.3, 0.4) is 0 Å². The van der Waals surface area contributed by atoms with Crippen LogP contribution in [0.25, 0.3) is 4.85 Å². The van der Waals surface area contributed by atoms with Gasteiger partial charge in [0.15, 0.2) is 14.1 Å². The van der Waals surface area contributed by atoms with Crippen LogP contribution in [-0.4, -0.2) is 145 Å². The van der Waals surface area contributed by atoms with Gasteiger partial charge in [-0.05, 0) is 170 Å². The highest BCUT2D eigenvalue weighted by Crippen LogP contribution is 2.57. The van der Waals surface area contributed by atoms with Crippen molar-refractivity contribution >= 4 is 38.2 Å². The first-order valence-corrected chi connectivity index (χ1v) is 29.5. The third-order valence-corrected chi connectivity index (χ3v) is 16.8. The normalized spacial score (nSPS) is 16.1. The van der Waals surface area contributed by atoms with Gasteiger partial charge in [-0.3, -0.25) is 19.2 Å². The lowest BCUT2D eigenvalue weighted by Crippen LogP contribution is -2.43. The van der Waals surface area contributed by atoms with Crippen molar-refractivity contribution in [2.24, 2.45) is 10.8 Å². The number of hydrogen-bond donors (Lipinski definition) is 2. The number of methoxy groups -OCH3 is 1. The summed E-state index contributed by atoms with van der Waals surface area (Å²) in [7, 11) is 0.733. The maximum Gasteiger partial charge on any atom is 0.340 e. The number of nitrogens with one attached hydrogen (secondary N) is 1. The summed E-state index contributed by atoms with van der Waals surface area (Å²) in [6, 6.07) is 22.5. The highest BCUT2D eigenvalue weighted by molar-refractivity contribution is 7.47. The number of β-amino-alcohol motifs (C(OH)–C–C–N with tert-alkyl or cyclic N) is 1. The molecule has 1 saturated heterocycles. The summed E-state index contributed by atoms with van der Waals surface area (Å²) in [4.78, 5) is 70.9. The number of aliphatic hydroxyl groups is 1. The smallest absolute Gasteiger partial charge is 0.340 e. The molecule has 3 heterocycles. The molecule has 0 saturated carbocycles. The Morgan fingerprint density at radius 2 is 1.27 bits per heavy atom. The molecule has 0 aliphatic carbocycles. The molecule has 450 valence electrons. The van der Waals surface area contributed by atoms with Crippen molar-refractivity contribution in [3.05, 3.63) is 124 Å². The minimum atomic E-state index is -1.59. The molecule has 4 aromatic rings. The van der Waals surface area contributed by atoms with E-state index in [9.17, 15) is 29.1 Å². The van der Waals surface area contributed by atoms with E-state index in [-0.39, 0.29) is 79.0 Å². The van der Waals surface area contributed by atoms with Crippen molar-refractivity contribution in [2.45, 2.75) is 145 Å². The van der Waals surface area contributed by atoms with Crippen LogP contribution in [0.4, 0.5) is 0 Å². The zero-order valence-electron chi connectivity index (χ0n) is 50.8. The number of amides is 2. The number of rotatable bonds is 22. The average Bonchev–Trinajstić information content (AvgIpc) is 2.66. The summed E-state index contributed by atoms with van der Waals surface area (Å²) in [5.41, 5.74) is -0.952. The molecule has 1 fully saturated rings. The molecule has 0 aromatic heterocycles. The predicted octanol–water partition coefficient (Wildman–Crippen LogP) is 10.6. The van der Waals surface area contributed by atoms with Crippen LogP contribution in [0, 0.1) is 17.4 Å². The third kappa shape index (κ3) is 16.0. The maximum absolute atomic E-state index is 13.6. The molecule has 2 N–H and O–H groups in total. The van der Waals surface area contributed by atoms with Crippen molar-refractivity contribution in [3.63, 3.8) is 0 Å². The topological polar surface area (TPSA) is 206 Å². The first kappa shape index (κ1) is 65.7. The summed E-state index contributed by atoms with van der Waals surface area (Å²) >= 11 is 0. The van der Waals surface area contributed by atoms with Crippen molar-refractivity contribution in [1.29, 1.82) is 0 Å². The first-order valence-electron chi connectivity index (χ1n) is 28.3. The van der Waals surface area contributed by atoms with Gasteiger partial charge in [0.1, 0.15) is 42.0 Å². The molecule has 0 radical (unpaired) electrons. The van der Waals surface area contributed by atoms with Crippen LogP contribution in [0.2, 0.25) is 0 Å². The van der Waals surface area contributed by atoms with Gasteiger partial charge in [0, 0.05) is 84.3 Å². The van der Waals surface area contributed by atoms with E-state index in [2.05, 4.69) is 74.9 Å². The zero-order valence-corrected chi connectivity index (χ0v) is 51.7. The largest absolute Gasteiger partial charge is 0.491 e. The van der Waals surface area contributed by atoms with Gasteiger partial charge in [-0.1, -0.05) is 0 Å². The molecule has 2 unspecified atom stereocenters. The Kier molecular flexibility index (Phi) is 22.5. The molecular weight excluding hydrogens is 1080 g/mol. The summed E-state index contributed by atoms with van der Waals surface area (Å²) in [5.74, 6) is -0.752. The van der Waals surface area contributed by atoms with E-state index in [0.29, 0.717) is 78.4 Å². The van der Waals surface area contributed by atoms with E-state index in [1.54, 1.807) is 120 Å². The van der Waals surface area contributed by atoms with Crippen LogP contribution in [-0.2, 0) is 33.9 Å². The van der Waals surface area contributed by atoms with Crippen molar-refractivity contribution in [3.8, 4) is 28.7 Å². The second kappa shape index (κ2) is 28.4. The number of benzene rings is 4. The Labute approximate surface area is 490 Å². The summed E-state index contributed by atoms with van der Waals surface area (Å²) in [6.07, 6.45) is -0.106. The van der Waals surface area contributed by atoms with Gasteiger partial charge in [0.25, 0.3) is 11.8 Å². The lowest BCUT2D eigenvalue weighted by molar-refractivity contribution is -0.143. The number of hydrogen-bond acceptors (Lipinski definition) is 16. The fourth-order valence-electron chi connectivity index (χ4n) is 9.88. The number of carbonyl (C=O) groups is 5. The van der Waals surface area contributed by atoms with Gasteiger partial charge in [-0.25, -0.2) is 20.7 Å². The molecule has 83 heavy (non-hydrogen) atoms. The van der Waals surface area contributed by atoms with Gasteiger partial charge in [-0.2, -0.15) is 0 Å². The number of carbonyl (C=O) groups excluding carboxylic acids is 5. The maximum atomic E-state index is 13.6. The monoisotopic (exact) mass is 1170 g/mol. The van der Waals surface area contributed by atoms with Gasteiger partial charge in [-0.15, -0.1) is 0 Å². The van der Waals surface area contributed by atoms with Crippen molar-refractivity contribution in [1.82, 2.24) is 19.6 Å². The SMILES string of the molecule is COCC1CC(O)CN1C(=O)c1ccc(OCCOCCNC(=O)c2ccc3c(c2)C2(OC3=O)c3ccc(OC(=O)C(C)(C)C)cc3Oc3cc(OC(=O)C(C)(C)C)ccc32)cc1.[C-]#[N+]CCOP(N(C(C)C)C(C)C)N(C(C)C)C(C)C. The number of nitrogens with zero attached hydrogens (tertiary/aromatic N) is 4. The predicted molar refractivity (Wildman–Crippen MR) is 316 cm³/mol. The molecule has 2 amide bonds. The minimum absolute atomic E-state index is 0.175. The van der Waals surface area contributed by atoms with E-state index < -0.39 is 54.8 Å². The Morgan fingerprint density at radius 3 is 1.77 bits per heavy atom. The van der Waals surface area contributed by atoms with Crippen molar-refractivity contribution in [2.75, 3.05) is 59.8 Å². The molecule has 20 heteroatoms. The molecule has 0 bridgehead atoms. The molecule has 1 spiro atoms. The Balaban J connectivity index is 0.000000472. The average molecular weight is 1170 g/mol. The van der Waals surface area contributed by atoms with Gasteiger partial charge in [0.2, 0.25) is 6.54 Å². The summed E-state index contributed by atoms with van der Waals surface area (Å²) in [6.45, 7) is 37.4. The standard InChI is InChI=1S/C48H52N2O13.C15H32N3OP/c1-46(2,3)44(55)60-33-13-16-36-39(24-33)62-40-25-34(61-45(56)47(4,5)6)14-17-37(40)48(36)38-22-29(10-15-35(38)43(54)63-48)41(52)49-18-19-58-20-21-59-32-11-8-28(9-12-32)42(53)50-26-31(51)23-30(50)27-57-7;1-12(2)17(13(3)4)20(19-11-10-16-9)18(14(5)6)15(7)8/h8-17,22,24-25,30-31,51H,18-21,23,26-27H2,1-7H3,(H,49,52);12-15H,10-11H2,1-8H3. The lowest BCUT2D eigenvalue weighted by atomic mass is 9.77. The third-order valence-electron chi connectivity index (χ3n) is 13.7. The molecule has 3 aliphatic rings. The number of likely N-dealkylation sites (tertiary alicyclic amines) is 1. The summed E-state index contributed by atoms with van der Waals surface area (Å²) < 4.78 is 51.8. The molecule has 7 rings (SSSR count). The number of aliphatic hydroxyl groups excluding tert-OH is 1. The number of ether oxygens (including phenoxy) is 7. The van der Waals surface area contributed by atoms with E-state index in [0.717, 1.165) is 0 Å². The number of esters is 3. The van der Waals surface area contributed by atoms with Crippen LogP contribution < -0.4 is 24.3 Å². The van der Waals surface area contributed by atoms with Crippen LogP contribution in [0.5, 0.6) is 28.7 Å². The second-order valence-electron chi connectivity index (χ2n) is 23.8. The molecular formula is C63H84N5O14P. The van der Waals surface area contributed by atoms with Gasteiger partial charge >= 0.3 is 17.9 Å². The summed E-state index contributed by atoms with van der Waals surface area (Å²) in [5, 5.41) is 12.9. The van der Waals surface area contributed by atoms with Gasteiger partial charge < -0.3 is 57.9 Å². The fraction of sp³-hybridized carbons (Fsp3) is 0.524. The lowest BCUT2D eigenvalue weighted by Gasteiger charge is -2.45. The molecule has 19 nitrogen and oxygen atoms in total. The van der Waals surface area contributed by atoms with Crippen LogP contribution in [0.15, 0.2) is 78.9 Å². The molecule has 4 aromatic carbocycles. The van der Waals surface area contributed by atoms with Crippen LogP contribution in [0.1, 0.15) is 151 Å². The van der Waals surface area contributed by atoms with E-state index in [1.165, 1.54) is 12.1 Å². The van der Waals surface area contributed by atoms with Gasteiger partial charge in [0.05, 0.1) is 48.4 Å². The molecule has 3 aliphatic heterocycles. The van der Waals surface area contributed by atoms with E-state index in [4.69, 9.17) is 44.3 Å². The van der Waals surface area contributed by atoms with Crippen LogP contribution >= 0.6 is 8.45 Å². The quantitative estimate of drug-likeness (QED) is 0.0247. The Bertz CT molecular complexity index is 2850. The fourth-order valence-corrected chi connectivity index (χ4v) is 12.2. The van der Waals surface area contributed by atoms with E-state index in [1.807, 2.05) is 0 Å². The van der Waals surface area contributed by atoms with E-state index >= 15 is 0 Å². The van der Waals surface area contributed by atoms with Crippen molar-refractivity contribution < 1.29 is 66.8 Å². The Hall–Kier alpha value is -6.49. The first-order chi connectivity index (χ1) is 39.1. The number of fused-ring (bicyclic) bond motifs is 6. The Morgan fingerprint density at radius 1 is 0.735 bits per heavy atom. The highest BCUT2D eigenvalue weighted by atomic mass is 31.2.